The number of rotatable bonds is 3. The van der Waals surface area contributed by atoms with Crippen LogP contribution >= 0.6 is 11.3 Å². The van der Waals surface area contributed by atoms with Crippen molar-refractivity contribution in [3.8, 4) is 0 Å². The van der Waals surface area contributed by atoms with Gasteiger partial charge in [-0.3, -0.25) is 9.59 Å². The third-order valence-electron chi connectivity index (χ3n) is 5.29. The molecule has 1 amide bonds. The fraction of sp³-hybridized carbons (Fsp3) is 0.238. The van der Waals surface area contributed by atoms with Crippen molar-refractivity contribution in [2.75, 3.05) is 36.4 Å². The molecule has 2 aromatic heterocycles. The Kier molecular flexibility index (Phi) is 4.59. The number of piperazine rings is 1. The number of carbonyl (C=O) groups is 1. The first kappa shape index (κ1) is 18.6. The minimum Gasteiger partial charge on any atom is -0.368 e. The zero-order valence-corrected chi connectivity index (χ0v) is 17.2. The normalized spacial score (nSPS) is 14.4. The van der Waals surface area contributed by atoms with Crippen molar-refractivity contribution in [1.82, 2.24) is 19.5 Å². The number of amides is 1. The molecule has 2 aromatic carbocycles. The van der Waals surface area contributed by atoms with Gasteiger partial charge in [0.15, 0.2) is 0 Å². The Bertz CT molecular complexity index is 1310. The van der Waals surface area contributed by atoms with Crippen LogP contribution in [-0.2, 0) is 4.79 Å². The summed E-state index contributed by atoms with van der Waals surface area (Å²) >= 11 is 1.34. The third kappa shape index (κ3) is 3.37. The Morgan fingerprint density at radius 1 is 1.07 bits per heavy atom. The Labute approximate surface area is 176 Å². The van der Waals surface area contributed by atoms with Gasteiger partial charge in [-0.05, 0) is 30.3 Å². The molecule has 5 rings (SSSR count). The quantitative estimate of drug-likeness (QED) is 0.549. The van der Waals surface area contributed by atoms with Gasteiger partial charge in [0.1, 0.15) is 0 Å². The first-order valence-corrected chi connectivity index (χ1v) is 10.6. The first-order chi connectivity index (χ1) is 14.6. The zero-order chi connectivity index (χ0) is 20.7. The van der Waals surface area contributed by atoms with E-state index >= 15 is 0 Å². The summed E-state index contributed by atoms with van der Waals surface area (Å²) in [5.41, 5.74) is 2.48. The van der Waals surface area contributed by atoms with Crippen molar-refractivity contribution < 1.29 is 4.79 Å². The maximum Gasteiger partial charge on any atom is 0.283 e. The molecule has 0 saturated carbocycles. The average molecular weight is 420 g/mol. The number of para-hydroxylation sites is 1. The van der Waals surface area contributed by atoms with E-state index in [1.807, 2.05) is 35.2 Å². The molecule has 0 aliphatic carbocycles. The number of carbonyl (C=O) groups excluding carboxylic acids is 1. The minimum atomic E-state index is -0.169. The molecular weight excluding hydrogens is 400 g/mol. The number of nitrogens with one attached hydrogen (secondary N) is 1. The molecule has 9 heteroatoms. The predicted octanol–water partition coefficient (Wildman–Crippen LogP) is 2.72. The van der Waals surface area contributed by atoms with E-state index in [1.165, 1.54) is 15.9 Å². The van der Waals surface area contributed by atoms with E-state index in [-0.39, 0.29) is 11.5 Å². The van der Waals surface area contributed by atoms with Gasteiger partial charge in [-0.2, -0.15) is 4.52 Å². The van der Waals surface area contributed by atoms with Crippen LogP contribution < -0.4 is 15.8 Å². The van der Waals surface area contributed by atoms with Gasteiger partial charge in [-0.15, -0.1) is 5.10 Å². The predicted molar refractivity (Wildman–Crippen MR) is 119 cm³/mol. The second kappa shape index (κ2) is 7.42. The summed E-state index contributed by atoms with van der Waals surface area (Å²) < 4.78 is 1.35. The Hall–Kier alpha value is -3.46. The average Bonchev–Trinajstić information content (AvgIpc) is 3.17. The lowest BCUT2D eigenvalue weighted by Gasteiger charge is -2.35. The summed E-state index contributed by atoms with van der Waals surface area (Å²) in [6.45, 7) is 4.67. The fourth-order valence-corrected chi connectivity index (χ4v) is 4.51. The molecule has 1 fully saturated rings. The number of aromatic nitrogens is 3. The van der Waals surface area contributed by atoms with Crippen LogP contribution in [-0.4, -0.2) is 51.6 Å². The number of benzene rings is 2. The number of hydrogen-bond acceptors (Lipinski definition) is 7. The molecule has 1 saturated heterocycles. The van der Waals surface area contributed by atoms with Gasteiger partial charge in [-0.25, -0.2) is 4.98 Å². The molecule has 4 aromatic rings. The summed E-state index contributed by atoms with van der Waals surface area (Å²) in [6.07, 6.45) is 0. The standard InChI is InChI=1S/C21H20N6O2S/c1-14(28)25-9-11-26(12-10-25)16-6-4-5-15(13-16)22-20-24-27-19(29)17-7-2-3-8-18(17)23-21(27)30-20/h2-8,13H,9-12H2,1H3,(H,22,24). The van der Waals surface area contributed by atoms with Gasteiger partial charge in [0.25, 0.3) is 5.56 Å². The molecule has 3 heterocycles. The molecule has 30 heavy (non-hydrogen) atoms. The molecule has 0 bridgehead atoms. The number of anilines is 3. The highest BCUT2D eigenvalue weighted by Crippen LogP contribution is 2.26. The van der Waals surface area contributed by atoms with Crippen LogP contribution in [0.15, 0.2) is 53.3 Å². The highest BCUT2D eigenvalue weighted by atomic mass is 32.1. The number of nitrogens with zero attached hydrogens (tertiary/aromatic N) is 5. The van der Waals surface area contributed by atoms with Gasteiger partial charge in [0, 0.05) is 44.5 Å². The molecule has 1 aliphatic heterocycles. The van der Waals surface area contributed by atoms with Crippen molar-refractivity contribution in [2.24, 2.45) is 0 Å². The summed E-state index contributed by atoms with van der Waals surface area (Å²) in [6, 6.07) is 15.4. The van der Waals surface area contributed by atoms with Crippen LogP contribution in [0.3, 0.4) is 0 Å². The van der Waals surface area contributed by atoms with Crippen molar-refractivity contribution in [2.45, 2.75) is 6.92 Å². The Morgan fingerprint density at radius 2 is 1.87 bits per heavy atom. The van der Waals surface area contributed by atoms with Crippen molar-refractivity contribution in [3.63, 3.8) is 0 Å². The summed E-state index contributed by atoms with van der Waals surface area (Å²) in [4.78, 5) is 33.5. The van der Waals surface area contributed by atoms with Crippen molar-refractivity contribution in [3.05, 3.63) is 58.9 Å². The van der Waals surface area contributed by atoms with E-state index in [0.29, 0.717) is 21.0 Å². The SMILES string of the molecule is CC(=O)N1CCN(c2cccc(Nc3nn4c(=O)c5ccccc5nc4s3)c2)CC1. The van der Waals surface area contributed by atoms with Crippen LogP contribution in [0, 0.1) is 0 Å². The lowest BCUT2D eigenvalue weighted by atomic mass is 10.2. The molecular formula is C21H20N6O2S. The van der Waals surface area contributed by atoms with E-state index in [4.69, 9.17) is 0 Å². The van der Waals surface area contributed by atoms with Crippen molar-refractivity contribution >= 4 is 49.6 Å². The monoisotopic (exact) mass is 420 g/mol. The van der Waals surface area contributed by atoms with Crippen LogP contribution in [0.2, 0.25) is 0 Å². The maximum absolute atomic E-state index is 12.7. The summed E-state index contributed by atoms with van der Waals surface area (Å²) in [5.74, 6) is 0.123. The second-order valence-electron chi connectivity index (χ2n) is 7.20. The molecule has 152 valence electrons. The van der Waals surface area contributed by atoms with Gasteiger partial charge < -0.3 is 15.1 Å². The lowest BCUT2D eigenvalue weighted by molar-refractivity contribution is -0.129. The second-order valence-corrected chi connectivity index (χ2v) is 8.16. The number of fused-ring (bicyclic) bond motifs is 2. The molecule has 0 unspecified atom stereocenters. The first-order valence-electron chi connectivity index (χ1n) is 9.75. The third-order valence-corrected chi connectivity index (χ3v) is 6.11. The van der Waals surface area contributed by atoms with Crippen LogP contribution in [0.4, 0.5) is 16.5 Å². The minimum absolute atomic E-state index is 0.123. The Balaban J connectivity index is 1.40. The maximum atomic E-state index is 12.7. The van der Waals surface area contributed by atoms with Gasteiger partial charge >= 0.3 is 0 Å². The largest absolute Gasteiger partial charge is 0.368 e. The van der Waals surface area contributed by atoms with Crippen LogP contribution in [0.1, 0.15) is 6.92 Å². The molecule has 0 spiro atoms. The molecule has 1 N–H and O–H groups in total. The van der Waals surface area contributed by atoms with Gasteiger partial charge in [-0.1, -0.05) is 29.5 Å². The Morgan fingerprint density at radius 3 is 2.67 bits per heavy atom. The van der Waals surface area contributed by atoms with E-state index in [2.05, 4.69) is 32.4 Å². The topological polar surface area (TPSA) is 82.8 Å². The van der Waals surface area contributed by atoms with E-state index in [0.717, 1.165) is 37.6 Å². The van der Waals surface area contributed by atoms with Crippen LogP contribution in [0.5, 0.6) is 0 Å². The van der Waals surface area contributed by atoms with Crippen LogP contribution in [0.25, 0.3) is 15.9 Å². The molecule has 0 radical (unpaired) electrons. The van der Waals surface area contributed by atoms with Gasteiger partial charge in [0.05, 0.1) is 10.9 Å². The molecule has 0 atom stereocenters. The summed E-state index contributed by atoms with van der Waals surface area (Å²) in [5, 5.41) is 8.88. The van der Waals surface area contributed by atoms with Gasteiger partial charge in [0.2, 0.25) is 16.0 Å². The number of hydrogen-bond donors (Lipinski definition) is 1. The molecule has 1 aliphatic rings. The fourth-order valence-electron chi connectivity index (χ4n) is 3.69. The lowest BCUT2D eigenvalue weighted by Crippen LogP contribution is -2.48. The van der Waals surface area contributed by atoms with Crippen molar-refractivity contribution in [1.29, 1.82) is 0 Å². The van der Waals surface area contributed by atoms with E-state index in [9.17, 15) is 9.59 Å². The highest BCUT2D eigenvalue weighted by molar-refractivity contribution is 7.20. The highest BCUT2D eigenvalue weighted by Gasteiger charge is 2.19. The summed E-state index contributed by atoms with van der Waals surface area (Å²) in [7, 11) is 0. The van der Waals surface area contributed by atoms with E-state index in [1.54, 1.807) is 13.0 Å². The van der Waals surface area contributed by atoms with E-state index < -0.39 is 0 Å². The smallest absolute Gasteiger partial charge is 0.283 e. The zero-order valence-electron chi connectivity index (χ0n) is 16.4. The molecule has 8 nitrogen and oxygen atoms in total.